The first-order valence-electron chi connectivity index (χ1n) is 9.65. The third-order valence-corrected chi connectivity index (χ3v) is 6.08. The van der Waals surface area contributed by atoms with Crippen LogP contribution in [0.2, 0.25) is 0 Å². The molecule has 1 aliphatic rings. The van der Waals surface area contributed by atoms with Crippen LogP contribution in [0.15, 0.2) is 53.5 Å². The van der Waals surface area contributed by atoms with Crippen molar-refractivity contribution in [3.8, 4) is 0 Å². The van der Waals surface area contributed by atoms with Gasteiger partial charge in [-0.2, -0.15) is 5.10 Å². The van der Waals surface area contributed by atoms with Crippen LogP contribution in [-0.2, 0) is 16.1 Å². The Balaban J connectivity index is 1.35. The number of nitrogens with one attached hydrogen (secondary N) is 1. The van der Waals surface area contributed by atoms with Gasteiger partial charge in [-0.3, -0.25) is 14.3 Å². The number of carbonyl (C=O) groups is 1. The minimum Gasteiger partial charge on any atom is -0.378 e. The normalized spacial score (nSPS) is 14.3. The van der Waals surface area contributed by atoms with Crippen LogP contribution in [0.3, 0.4) is 0 Å². The van der Waals surface area contributed by atoms with E-state index < -0.39 is 0 Å². The second-order valence-corrected chi connectivity index (χ2v) is 8.02. The van der Waals surface area contributed by atoms with Gasteiger partial charge in [0, 0.05) is 24.2 Å². The quantitative estimate of drug-likeness (QED) is 0.545. The first kappa shape index (κ1) is 18.7. The van der Waals surface area contributed by atoms with Gasteiger partial charge < -0.3 is 15.0 Å². The molecule has 9 heteroatoms. The van der Waals surface area contributed by atoms with E-state index in [4.69, 9.17) is 9.72 Å². The molecule has 0 atom stereocenters. The molecule has 4 aromatic rings. The van der Waals surface area contributed by atoms with Gasteiger partial charge in [-0.15, -0.1) is 0 Å². The second kappa shape index (κ2) is 7.85. The Morgan fingerprint density at radius 1 is 1.17 bits per heavy atom. The fraction of sp³-hybridized carbons (Fsp3) is 0.238. The van der Waals surface area contributed by atoms with E-state index >= 15 is 0 Å². The lowest BCUT2D eigenvalue weighted by Crippen LogP contribution is -2.36. The third kappa shape index (κ3) is 3.64. The molecule has 0 radical (unpaired) electrons. The van der Waals surface area contributed by atoms with Crippen molar-refractivity contribution in [2.75, 3.05) is 36.5 Å². The number of anilines is 2. The molecular weight excluding hydrogens is 402 g/mol. The molecule has 0 spiro atoms. The van der Waals surface area contributed by atoms with Crippen molar-refractivity contribution in [1.82, 2.24) is 14.8 Å². The average Bonchev–Trinajstić information content (AvgIpc) is 3.20. The summed E-state index contributed by atoms with van der Waals surface area (Å²) in [6.07, 6.45) is 1.24. The highest BCUT2D eigenvalue weighted by Crippen LogP contribution is 2.31. The Morgan fingerprint density at radius 3 is 2.87 bits per heavy atom. The highest BCUT2D eigenvalue weighted by Gasteiger charge is 2.16. The number of aromatic nitrogens is 3. The molecule has 1 aliphatic heterocycles. The Hall–Kier alpha value is -3.30. The summed E-state index contributed by atoms with van der Waals surface area (Å²) >= 11 is 1.61. The SMILES string of the molecule is O=C(Cn1ncc(=O)c2ccccc21)Nc1ccc2nc(N3CCOCC3)sc2c1. The van der Waals surface area contributed by atoms with Crippen LogP contribution in [0.4, 0.5) is 10.8 Å². The van der Waals surface area contributed by atoms with Gasteiger partial charge in [0.15, 0.2) is 5.13 Å². The van der Waals surface area contributed by atoms with Crippen molar-refractivity contribution in [3.05, 3.63) is 58.9 Å². The lowest BCUT2D eigenvalue weighted by Gasteiger charge is -2.25. The van der Waals surface area contributed by atoms with Gasteiger partial charge in [-0.05, 0) is 30.3 Å². The number of para-hydroxylation sites is 1. The van der Waals surface area contributed by atoms with Gasteiger partial charge in [-0.25, -0.2) is 4.98 Å². The van der Waals surface area contributed by atoms with Crippen LogP contribution >= 0.6 is 11.3 Å². The zero-order valence-electron chi connectivity index (χ0n) is 16.1. The molecule has 1 saturated heterocycles. The number of amides is 1. The van der Waals surface area contributed by atoms with Gasteiger partial charge in [0.05, 0.1) is 35.1 Å². The number of ether oxygens (including phenoxy) is 1. The summed E-state index contributed by atoms with van der Waals surface area (Å²) in [6.45, 7) is 3.11. The van der Waals surface area contributed by atoms with E-state index in [0.29, 0.717) is 29.8 Å². The fourth-order valence-corrected chi connectivity index (χ4v) is 4.56. The van der Waals surface area contributed by atoms with E-state index in [9.17, 15) is 9.59 Å². The number of carbonyl (C=O) groups excluding carboxylic acids is 1. The number of morpholine rings is 1. The topological polar surface area (TPSA) is 89.3 Å². The monoisotopic (exact) mass is 421 g/mol. The Labute approximate surface area is 175 Å². The molecule has 3 heterocycles. The molecule has 1 amide bonds. The van der Waals surface area contributed by atoms with Crippen molar-refractivity contribution in [1.29, 1.82) is 0 Å². The molecule has 0 saturated carbocycles. The Kier molecular flexibility index (Phi) is 4.89. The van der Waals surface area contributed by atoms with Gasteiger partial charge in [0.25, 0.3) is 0 Å². The summed E-state index contributed by atoms with van der Waals surface area (Å²) in [6, 6.07) is 12.8. The van der Waals surface area contributed by atoms with Gasteiger partial charge in [0.1, 0.15) is 6.54 Å². The standard InChI is InChI=1S/C21H19N5O3S/c27-18-12-22-26(17-4-2-1-3-15(17)18)13-20(28)23-14-5-6-16-19(11-14)30-21(24-16)25-7-9-29-10-8-25/h1-6,11-12H,7-10,13H2,(H,23,28). The second-order valence-electron chi connectivity index (χ2n) is 7.01. The molecule has 2 aromatic heterocycles. The van der Waals surface area contributed by atoms with Crippen LogP contribution < -0.4 is 15.6 Å². The van der Waals surface area contributed by atoms with E-state index in [0.717, 1.165) is 28.4 Å². The number of fused-ring (bicyclic) bond motifs is 2. The van der Waals surface area contributed by atoms with Gasteiger partial charge in [0.2, 0.25) is 11.3 Å². The van der Waals surface area contributed by atoms with Crippen molar-refractivity contribution in [2.45, 2.75) is 6.54 Å². The van der Waals surface area contributed by atoms with E-state index in [2.05, 4.69) is 15.3 Å². The van der Waals surface area contributed by atoms with Crippen molar-refractivity contribution in [2.24, 2.45) is 0 Å². The molecule has 1 fully saturated rings. The highest BCUT2D eigenvalue weighted by atomic mass is 32.1. The van der Waals surface area contributed by atoms with Crippen LogP contribution in [0.1, 0.15) is 0 Å². The summed E-state index contributed by atoms with van der Waals surface area (Å²) in [5, 5.41) is 8.55. The molecular formula is C21H19N5O3S. The van der Waals surface area contributed by atoms with E-state index in [-0.39, 0.29) is 17.9 Å². The maximum absolute atomic E-state index is 12.6. The number of hydrogen-bond donors (Lipinski definition) is 1. The van der Waals surface area contributed by atoms with E-state index in [1.807, 2.05) is 24.3 Å². The van der Waals surface area contributed by atoms with Crippen LogP contribution in [0.5, 0.6) is 0 Å². The first-order chi connectivity index (χ1) is 14.7. The summed E-state index contributed by atoms with van der Waals surface area (Å²) in [5.41, 5.74) is 2.09. The van der Waals surface area contributed by atoms with Crippen LogP contribution in [0.25, 0.3) is 21.1 Å². The zero-order chi connectivity index (χ0) is 20.5. The maximum Gasteiger partial charge on any atom is 0.246 e. The molecule has 30 heavy (non-hydrogen) atoms. The number of thiazole rings is 1. The maximum atomic E-state index is 12.6. The van der Waals surface area contributed by atoms with Crippen molar-refractivity contribution < 1.29 is 9.53 Å². The molecule has 5 rings (SSSR count). The number of benzene rings is 2. The number of rotatable bonds is 4. The highest BCUT2D eigenvalue weighted by molar-refractivity contribution is 7.22. The molecule has 0 aliphatic carbocycles. The lowest BCUT2D eigenvalue weighted by atomic mass is 10.2. The van der Waals surface area contributed by atoms with Gasteiger partial charge in [-0.1, -0.05) is 23.5 Å². The van der Waals surface area contributed by atoms with Crippen LogP contribution in [0, 0.1) is 0 Å². The zero-order valence-corrected chi connectivity index (χ0v) is 16.9. The van der Waals surface area contributed by atoms with E-state index in [1.54, 1.807) is 29.5 Å². The molecule has 8 nitrogen and oxygen atoms in total. The van der Waals surface area contributed by atoms with E-state index in [1.165, 1.54) is 10.9 Å². The third-order valence-electron chi connectivity index (χ3n) is 5.00. The fourth-order valence-electron chi connectivity index (χ4n) is 3.50. The smallest absolute Gasteiger partial charge is 0.246 e. The number of nitrogens with zero attached hydrogens (tertiary/aromatic N) is 4. The summed E-state index contributed by atoms with van der Waals surface area (Å²) in [7, 11) is 0. The summed E-state index contributed by atoms with van der Waals surface area (Å²) < 4.78 is 7.95. The lowest BCUT2D eigenvalue weighted by molar-refractivity contribution is -0.116. The Morgan fingerprint density at radius 2 is 2.00 bits per heavy atom. The largest absolute Gasteiger partial charge is 0.378 e. The summed E-state index contributed by atoms with van der Waals surface area (Å²) in [4.78, 5) is 31.5. The molecule has 0 unspecified atom stereocenters. The molecule has 2 aromatic carbocycles. The molecule has 152 valence electrons. The van der Waals surface area contributed by atoms with Crippen molar-refractivity contribution >= 4 is 49.2 Å². The minimum absolute atomic E-state index is 0.0144. The predicted octanol–water partition coefficient (Wildman–Crippen LogP) is 2.48. The first-order valence-corrected chi connectivity index (χ1v) is 10.5. The Bertz CT molecular complexity index is 1290. The average molecular weight is 421 g/mol. The van der Waals surface area contributed by atoms with Crippen molar-refractivity contribution in [3.63, 3.8) is 0 Å². The molecule has 1 N–H and O–H groups in total. The molecule has 0 bridgehead atoms. The van der Waals surface area contributed by atoms with Crippen LogP contribution in [-0.4, -0.2) is 47.0 Å². The van der Waals surface area contributed by atoms with Gasteiger partial charge >= 0.3 is 0 Å². The minimum atomic E-state index is -0.214. The summed E-state index contributed by atoms with van der Waals surface area (Å²) in [5.74, 6) is -0.214. The predicted molar refractivity (Wildman–Crippen MR) is 117 cm³/mol. The number of hydrogen-bond acceptors (Lipinski definition) is 7.